The van der Waals surface area contributed by atoms with Gasteiger partial charge in [-0.3, -0.25) is 14.4 Å². The van der Waals surface area contributed by atoms with Crippen molar-refractivity contribution >= 4 is 29.9 Å². The lowest BCUT2D eigenvalue weighted by Crippen LogP contribution is -2.53. The topological polar surface area (TPSA) is 155 Å². The molecule has 0 aromatic heterocycles. The van der Waals surface area contributed by atoms with Gasteiger partial charge in [-0.1, -0.05) is 50.6 Å². The van der Waals surface area contributed by atoms with Gasteiger partial charge in [0.25, 0.3) is 0 Å². The normalized spacial score (nSPS) is 12.4. The van der Waals surface area contributed by atoms with E-state index in [1.807, 2.05) is 13.0 Å². The largest absolute Gasteiger partial charge is 0.444 e. The number of nitriles is 1. The molecular formula is C27H39N5O5. The maximum absolute atomic E-state index is 13.7. The number of primary amides is 1. The number of amides is 4. The van der Waals surface area contributed by atoms with Crippen LogP contribution >= 0.6 is 0 Å². The van der Waals surface area contributed by atoms with Crippen molar-refractivity contribution in [3.8, 4) is 6.07 Å². The average molecular weight is 514 g/mol. The molecule has 0 spiro atoms. The molecule has 0 fully saturated rings. The van der Waals surface area contributed by atoms with Crippen molar-refractivity contribution in [3.63, 3.8) is 0 Å². The number of nitrogens with two attached hydrogens (primary N) is 1. The zero-order valence-corrected chi connectivity index (χ0v) is 22.2. The zero-order chi connectivity index (χ0) is 28.0. The minimum Gasteiger partial charge on any atom is -0.444 e. The zero-order valence-electron chi connectivity index (χ0n) is 22.2. The van der Waals surface area contributed by atoms with Crippen molar-refractivity contribution in [2.45, 2.75) is 77.5 Å². The van der Waals surface area contributed by atoms with E-state index in [-0.39, 0.29) is 12.8 Å². The first-order valence-electron chi connectivity index (χ1n) is 12.4. The summed E-state index contributed by atoms with van der Waals surface area (Å²) in [6.07, 6.45) is 3.05. The van der Waals surface area contributed by atoms with Gasteiger partial charge >= 0.3 is 6.09 Å². The summed E-state index contributed by atoms with van der Waals surface area (Å²) in [6, 6.07) is 6.43. The van der Waals surface area contributed by atoms with Gasteiger partial charge in [0, 0.05) is 13.0 Å². The number of unbranched alkanes of at least 4 members (excludes halogenated alkanes) is 2. The van der Waals surface area contributed by atoms with Gasteiger partial charge in [0.1, 0.15) is 24.2 Å². The second-order valence-electron chi connectivity index (χ2n) is 9.60. The van der Waals surface area contributed by atoms with Crippen molar-refractivity contribution in [1.29, 1.82) is 5.26 Å². The lowest BCUT2D eigenvalue weighted by molar-refractivity contribution is -0.142. The molecule has 0 aliphatic heterocycles. The molecule has 0 saturated heterocycles. The molecule has 0 saturated carbocycles. The third-order valence-corrected chi connectivity index (χ3v) is 5.29. The van der Waals surface area contributed by atoms with Crippen LogP contribution < -0.4 is 16.4 Å². The number of carbonyl (C=O) groups excluding carboxylic acids is 4. The lowest BCUT2D eigenvalue weighted by atomic mass is 9.99. The Morgan fingerprint density at radius 3 is 2.51 bits per heavy atom. The van der Waals surface area contributed by atoms with Gasteiger partial charge in [-0.2, -0.15) is 5.26 Å². The molecule has 1 aromatic rings. The van der Waals surface area contributed by atoms with Crippen molar-refractivity contribution in [2.24, 2.45) is 5.73 Å². The molecule has 0 aliphatic carbocycles. The molecular weight excluding hydrogens is 474 g/mol. The maximum atomic E-state index is 13.7. The van der Waals surface area contributed by atoms with Crippen molar-refractivity contribution in [3.05, 3.63) is 42.0 Å². The second kappa shape index (κ2) is 15.3. The smallest absolute Gasteiger partial charge is 0.408 e. The van der Waals surface area contributed by atoms with E-state index in [9.17, 15) is 24.4 Å². The number of ether oxygens (including phenoxy) is 1. The van der Waals surface area contributed by atoms with Crippen LogP contribution in [-0.2, 0) is 19.1 Å². The molecule has 37 heavy (non-hydrogen) atoms. The summed E-state index contributed by atoms with van der Waals surface area (Å²) < 4.78 is 5.27. The summed E-state index contributed by atoms with van der Waals surface area (Å²) in [7, 11) is 0. The number of rotatable bonds is 14. The van der Waals surface area contributed by atoms with Crippen molar-refractivity contribution < 1.29 is 23.9 Å². The lowest BCUT2D eigenvalue weighted by Gasteiger charge is -2.33. The predicted molar refractivity (Wildman–Crippen MR) is 141 cm³/mol. The van der Waals surface area contributed by atoms with Crippen LogP contribution in [0.3, 0.4) is 0 Å². The summed E-state index contributed by atoms with van der Waals surface area (Å²) in [5.41, 5.74) is 5.65. The van der Waals surface area contributed by atoms with Gasteiger partial charge in [0.2, 0.25) is 17.7 Å². The van der Waals surface area contributed by atoms with Crippen LogP contribution in [0.5, 0.6) is 0 Å². The van der Waals surface area contributed by atoms with E-state index in [1.54, 1.807) is 51.1 Å². The molecule has 4 amide bonds. The minimum absolute atomic E-state index is 0.132. The Morgan fingerprint density at radius 1 is 1.24 bits per heavy atom. The van der Waals surface area contributed by atoms with E-state index < -0.39 is 48.0 Å². The van der Waals surface area contributed by atoms with E-state index in [2.05, 4.69) is 17.2 Å². The number of nitrogens with zero attached hydrogens (tertiary/aromatic N) is 2. The Balaban J connectivity index is 3.43. The first kappa shape index (κ1) is 31.2. The standard InChI is InChI=1S/C27H39N5O5/c1-6-8-9-16-30-24(34)23(20-12-10-11-19(7-2)18-20)32(17-15-28)25(35)21(13-14-22(29)33)31-26(36)37-27(3,4)5/h7,10-12,18,21,23H,2,6,8-9,13-14,16-17H2,1,3-5H3,(H2,29,33)(H,30,34)(H,31,36). The third-order valence-electron chi connectivity index (χ3n) is 5.29. The minimum atomic E-state index is -1.26. The Labute approximate surface area is 219 Å². The van der Waals surface area contributed by atoms with Crippen LogP contribution in [0.2, 0.25) is 0 Å². The molecule has 2 unspecified atom stereocenters. The van der Waals surface area contributed by atoms with Crippen LogP contribution in [0.15, 0.2) is 30.8 Å². The molecule has 4 N–H and O–H groups in total. The van der Waals surface area contributed by atoms with E-state index in [0.717, 1.165) is 29.7 Å². The van der Waals surface area contributed by atoms with E-state index >= 15 is 0 Å². The van der Waals surface area contributed by atoms with Crippen LogP contribution in [0.4, 0.5) is 4.79 Å². The molecule has 202 valence electrons. The SMILES string of the molecule is C=Cc1cccc(C(C(=O)NCCCCC)N(CC#N)C(=O)C(CCC(N)=O)NC(=O)OC(C)(C)C)c1. The monoisotopic (exact) mass is 513 g/mol. The number of hydrogen-bond acceptors (Lipinski definition) is 6. The quantitative estimate of drug-likeness (QED) is 0.256. The molecule has 10 heteroatoms. The summed E-state index contributed by atoms with van der Waals surface area (Å²) in [4.78, 5) is 52.2. The number of nitrogens with one attached hydrogen (secondary N) is 2. The van der Waals surface area contributed by atoms with E-state index in [1.165, 1.54) is 0 Å². The molecule has 0 bridgehead atoms. The van der Waals surface area contributed by atoms with Gasteiger partial charge < -0.3 is 26.0 Å². The Morgan fingerprint density at radius 2 is 1.95 bits per heavy atom. The fourth-order valence-electron chi connectivity index (χ4n) is 3.58. The number of carbonyl (C=O) groups is 4. The first-order valence-corrected chi connectivity index (χ1v) is 12.4. The van der Waals surface area contributed by atoms with E-state index in [4.69, 9.17) is 10.5 Å². The number of alkyl carbamates (subject to hydrolysis) is 1. The van der Waals surface area contributed by atoms with Gasteiger partial charge in [-0.05, 0) is 50.8 Å². The molecule has 2 atom stereocenters. The highest BCUT2D eigenvalue weighted by atomic mass is 16.6. The fraction of sp³-hybridized carbons (Fsp3) is 0.519. The van der Waals surface area contributed by atoms with Gasteiger partial charge in [0.15, 0.2) is 0 Å². The predicted octanol–water partition coefficient (Wildman–Crippen LogP) is 3.19. The number of hydrogen-bond donors (Lipinski definition) is 3. The van der Waals surface area contributed by atoms with Gasteiger partial charge in [0.05, 0.1) is 6.07 Å². The summed E-state index contributed by atoms with van der Waals surface area (Å²) in [6.45, 7) is 10.8. The first-order chi connectivity index (χ1) is 17.4. The van der Waals surface area contributed by atoms with Crippen LogP contribution in [-0.4, -0.2) is 53.4 Å². The second-order valence-corrected chi connectivity index (χ2v) is 9.60. The summed E-state index contributed by atoms with van der Waals surface area (Å²) >= 11 is 0. The molecule has 0 radical (unpaired) electrons. The van der Waals surface area contributed by atoms with Crippen molar-refractivity contribution in [1.82, 2.24) is 15.5 Å². The van der Waals surface area contributed by atoms with Gasteiger partial charge in [-0.15, -0.1) is 0 Å². The Kier molecular flexibility index (Phi) is 12.9. The highest BCUT2D eigenvalue weighted by Gasteiger charge is 2.36. The molecule has 0 aliphatic rings. The van der Waals surface area contributed by atoms with Crippen LogP contribution in [0.25, 0.3) is 6.08 Å². The molecule has 10 nitrogen and oxygen atoms in total. The third kappa shape index (κ3) is 11.2. The van der Waals surface area contributed by atoms with Crippen LogP contribution in [0, 0.1) is 11.3 Å². The van der Waals surface area contributed by atoms with Gasteiger partial charge in [-0.25, -0.2) is 4.79 Å². The van der Waals surface area contributed by atoms with Crippen molar-refractivity contribution in [2.75, 3.05) is 13.1 Å². The maximum Gasteiger partial charge on any atom is 0.408 e. The van der Waals surface area contributed by atoms with Crippen LogP contribution in [0.1, 0.15) is 77.0 Å². The van der Waals surface area contributed by atoms with E-state index in [0.29, 0.717) is 12.1 Å². The highest BCUT2D eigenvalue weighted by Crippen LogP contribution is 2.24. The Hall–Kier alpha value is -3.87. The fourth-order valence-corrected chi connectivity index (χ4v) is 3.58. The highest BCUT2D eigenvalue weighted by molar-refractivity contribution is 5.92. The number of benzene rings is 1. The molecule has 1 rings (SSSR count). The molecule has 0 heterocycles. The summed E-state index contributed by atoms with van der Waals surface area (Å²) in [5.74, 6) is -1.85. The summed E-state index contributed by atoms with van der Waals surface area (Å²) in [5, 5.41) is 14.9. The average Bonchev–Trinajstić information content (AvgIpc) is 2.82. The molecule has 1 aromatic carbocycles. The Bertz CT molecular complexity index is 996.